The van der Waals surface area contributed by atoms with Crippen molar-refractivity contribution < 1.29 is 22.7 Å². The van der Waals surface area contributed by atoms with E-state index in [1.807, 2.05) is 32.0 Å². The zero-order valence-corrected chi connectivity index (χ0v) is 14.1. The third-order valence-corrected chi connectivity index (χ3v) is 3.87. The maximum atomic E-state index is 12.9. The molecule has 0 bridgehead atoms. The Hall–Kier alpha value is -2.50. The van der Waals surface area contributed by atoms with E-state index in [2.05, 4.69) is 5.32 Å². The van der Waals surface area contributed by atoms with Crippen molar-refractivity contribution in [2.24, 2.45) is 0 Å². The minimum atomic E-state index is -4.50. The molecule has 0 radical (unpaired) electrons. The molecular weight excluding hydrogens is 331 g/mol. The number of nitrogens with one attached hydrogen (secondary N) is 1. The molecular formula is C19H20F3NO2. The maximum absolute atomic E-state index is 12.9. The third-order valence-electron chi connectivity index (χ3n) is 3.87. The highest BCUT2D eigenvalue weighted by Crippen LogP contribution is 2.34. The number of amides is 1. The molecule has 1 amide bonds. The Kier molecular flexibility index (Phi) is 6.07. The average molecular weight is 351 g/mol. The van der Waals surface area contributed by atoms with Crippen LogP contribution in [0, 0.1) is 13.8 Å². The first-order valence-electron chi connectivity index (χ1n) is 7.94. The summed E-state index contributed by atoms with van der Waals surface area (Å²) in [6.45, 7) is 4.25. The van der Waals surface area contributed by atoms with Gasteiger partial charge in [0, 0.05) is 6.42 Å². The van der Waals surface area contributed by atoms with E-state index in [1.165, 1.54) is 18.2 Å². The normalized spacial score (nSPS) is 11.2. The fourth-order valence-electron chi connectivity index (χ4n) is 2.35. The van der Waals surface area contributed by atoms with E-state index in [4.69, 9.17) is 4.74 Å². The van der Waals surface area contributed by atoms with Gasteiger partial charge in [-0.3, -0.25) is 4.79 Å². The second-order valence-corrected chi connectivity index (χ2v) is 5.74. The second kappa shape index (κ2) is 8.05. The molecule has 134 valence electrons. The second-order valence-electron chi connectivity index (χ2n) is 5.74. The van der Waals surface area contributed by atoms with Gasteiger partial charge in [0.1, 0.15) is 5.75 Å². The number of anilines is 1. The van der Waals surface area contributed by atoms with Crippen molar-refractivity contribution in [3.05, 3.63) is 59.2 Å². The molecule has 0 heterocycles. The Balaban J connectivity index is 1.85. The van der Waals surface area contributed by atoms with Crippen LogP contribution in [0.4, 0.5) is 18.9 Å². The van der Waals surface area contributed by atoms with Crippen molar-refractivity contribution in [2.45, 2.75) is 32.9 Å². The van der Waals surface area contributed by atoms with E-state index in [0.717, 1.165) is 22.9 Å². The molecule has 6 heteroatoms. The van der Waals surface area contributed by atoms with Gasteiger partial charge < -0.3 is 10.1 Å². The molecule has 0 saturated carbocycles. The minimum Gasteiger partial charge on any atom is -0.493 e. The Morgan fingerprint density at radius 1 is 1.08 bits per heavy atom. The van der Waals surface area contributed by atoms with Gasteiger partial charge in [0.25, 0.3) is 0 Å². The number of hydrogen-bond donors (Lipinski definition) is 1. The Morgan fingerprint density at radius 3 is 2.52 bits per heavy atom. The highest BCUT2D eigenvalue weighted by atomic mass is 19.4. The molecule has 0 atom stereocenters. The number of carbonyl (C=O) groups is 1. The summed E-state index contributed by atoms with van der Waals surface area (Å²) >= 11 is 0. The van der Waals surface area contributed by atoms with E-state index in [-0.39, 0.29) is 12.1 Å². The molecule has 1 N–H and O–H groups in total. The molecule has 0 aromatic heterocycles. The Labute approximate surface area is 144 Å². The molecule has 2 aromatic carbocycles. The lowest BCUT2D eigenvalue weighted by molar-refractivity contribution is -0.137. The summed E-state index contributed by atoms with van der Waals surface area (Å²) in [7, 11) is 0. The first kappa shape index (κ1) is 18.8. The third kappa shape index (κ3) is 5.24. The van der Waals surface area contributed by atoms with Crippen LogP contribution in [0.5, 0.6) is 5.75 Å². The van der Waals surface area contributed by atoms with Crippen LogP contribution >= 0.6 is 0 Å². The van der Waals surface area contributed by atoms with Crippen molar-refractivity contribution in [1.82, 2.24) is 0 Å². The number of halogens is 3. The first-order valence-corrected chi connectivity index (χ1v) is 7.94. The molecule has 0 fully saturated rings. The van der Waals surface area contributed by atoms with Crippen LogP contribution in [0.25, 0.3) is 0 Å². The van der Waals surface area contributed by atoms with Gasteiger partial charge in [-0.2, -0.15) is 13.2 Å². The fraction of sp³-hybridized carbons (Fsp3) is 0.316. The van der Waals surface area contributed by atoms with Gasteiger partial charge in [-0.1, -0.05) is 24.3 Å². The van der Waals surface area contributed by atoms with E-state index < -0.39 is 17.6 Å². The van der Waals surface area contributed by atoms with E-state index in [1.54, 1.807) is 0 Å². The lowest BCUT2D eigenvalue weighted by Crippen LogP contribution is -2.17. The largest absolute Gasteiger partial charge is 0.493 e. The predicted molar refractivity (Wildman–Crippen MR) is 90.7 cm³/mol. The first-order chi connectivity index (χ1) is 11.8. The molecule has 3 nitrogen and oxygen atoms in total. The molecule has 0 unspecified atom stereocenters. The summed E-state index contributed by atoms with van der Waals surface area (Å²) in [6, 6.07) is 10.6. The molecule has 0 spiro atoms. The number of benzene rings is 2. The van der Waals surface area contributed by atoms with E-state index in [9.17, 15) is 18.0 Å². The van der Waals surface area contributed by atoms with Crippen molar-refractivity contribution >= 4 is 11.6 Å². The topological polar surface area (TPSA) is 38.3 Å². The molecule has 25 heavy (non-hydrogen) atoms. The van der Waals surface area contributed by atoms with Crippen molar-refractivity contribution in [3.8, 4) is 5.75 Å². The lowest BCUT2D eigenvalue weighted by atomic mass is 10.1. The van der Waals surface area contributed by atoms with Crippen LogP contribution in [0.15, 0.2) is 42.5 Å². The zero-order valence-electron chi connectivity index (χ0n) is 14.1. The SMILES string of the molecule is Cc1cccc(OCCCC(=O)Nc2ccccc2C(F)(F)F)c1C. The summed E-state index contributed by atoms with van der Waals surface area (Å²) in [5, 5.41) is 2.32. The summed E-state index contributed by atoms with van der Waals surface area (Å²) in [5.74, 6) is 0.282. The van der Waals surface area contributed by atoms with Gasteiger partial charge in [0.15, 0.2) is 0 Å². The van der Waals surface area contributed by atoms with Gasteiger partial charge in [-0.15, -0.1) is 0 Å². The molecule has 0 saturated heterocycles. The molecule has 2 aromatic rings. The van der Waals surface area contributed by atoms with Gasteiger partial charge in [0.2, 0.25) is 5.91 Å². The predicted octanol–water partition coefficient (Wildman–Crippen LogP) is 5.12. The number of hydrogen-bond acceptors (Lipinski definition) is 2. The van der Waals surface area contributed by atoms with Crippen LogP contribution in [0.1, 0.15) is 29.5 Å². The summed E-state index contributed by atoms with van der Waals surface area (Å²) in [6.07, 6.45) is -4.01. The van der Waals surface area contributed by atoms with Crippen LogP contribution in [0.2, 0.25) is 0 Å². The number of alkyl halides is 3. The van der Waals surface area contributed by atoms with Crippen LogP contribution in [-0.2, 0) is 11.0 Å². The quantitative estimate of drug-likeness (QED) is 0.734. The fourth-order valence-corrected chi connectivity index (χ4v) is 2.35. The van der Waals surface area contributed by atoms with Crippen LogP contribution in [-0.4, -0.2) is 12.5 Å². The Morgan fingerprint density at radius 2 is 1.80 bits per heavy atom. The minimum absolute atomic E-state index is 0.0804. The standard InChI is InChI=1S/C19H20F3NO2/c1-13-7-5-10-17(14(13)2)25-12-6-11-18(24)23-16-9-4-3-8-15(16)19(20,21)22/h3-5,7-10H,6,11-12H2,1-2H3,(H,23,24). The van der Waals surface area contributed by atoms with E-state index in [0.29, 0.717) is 13.0 Å². The number of para-hydroxylation sites is 1. The summed E-state index contributed by atoms with van der Waals surface area (Å²) < 4.78 is 44.3. The van der Waals surface area contributed by atoms with Crippen LogP contribution in [0.3, 0.4) is 0 Å². The lowest BCUT2D eigenvalue weighted by Gasteiger charge is -2.14. The number of aryl methyl sites for hydroxylation is 1. The maximum Gasteiger partial charge on any atom is 0.418 e. The van der Waals surface area contributed by atoms with E-state index >= 15 is 0 Å². The summed E-state index contributed by atoms with van der Waals surface area (Å²) in [5.41, 5.74) is 1.07. The number of carbonyl (C=O) groups excluding carboxylic acids is 1. The monoisotopic (exact) mass is 351 g/mol. The van der Waals surface area contributed by atoms with Gasteiger partial charge in [0.05, 0.1) is 17.9 Å². The average Bonchev–Trinajstić information content (AvgIpc) is 2.55. The Bertz CT molecular complexity index is 742. The van der Waals surface area contributed by atoms with Crippen molar-refractivity contribution in [1.29, 1.82) is 0 Å². The highest BCUT2D eigenvalue weighted by molar-refractivity contribution is 5.91. The van der Waals surface area contributed by atoms with Crippen LogP contribution < -0.4 is 10.1 Å². The number of rotatable bonds is 6. The van der Waals surface area contributed by atoms with Crippen molar-refractivity contribution in [3.63, 3.8) is 0 Å². The summed E-state index contributed by atoms with van der Waals surface area (Å²) in [4.78, 5) is 11.9. The molecule has 2 rings (SSSR count). The molecule has 0 aliphatic rings. The van der Waals surface area contributed by atoms with Gasteiger partial charge in [-0.05, 0) is 49.6 Å². The van der Waals surface area contributed by atoms with Gasteiger partial charge in [-0.25, -0.2) is 0 Å². The smallest absolute Gasteiger partial charge is 0.418 e. The number of ether oxygens (including phenoxy) is 1. The highest BCUT2D eigenvalue weighted by Gasteiger charge is 2.33. The molecule has 0 aliphatic carbocycles. The zero-order chi connectivity index (χ0) is 18.4. The molecule has 0 aliphatic heterocycles. The van der Waals surface area contributed by atoms with Crippen molar-refractivity contribution in [2.75, 3.05) is 11.9 Å². The van der Waals surface area contributed by atoms with Gasteiger partial charge >= 0.3 is 6.18 Å².